The zero-order valence-electron chi connectivity index (χ0n) is 81.4. The molecule has 0 unspecified atom stereocenters. The number of H-pyrrole nitrogens is 3. The Bertz CT molecular complexity index is 5240. The highest BCUT2D eigenvalue weighted by Gasteiger charge is 2.15. The van der Waals surface area contributed by atoms with Gasteiger partial charge in [-0.15, -0.1) is 0 Å². The number of nitrogens with zero attached hydrogens (tertiary/aromatic N) is 17. The summed E-state index contributed by atoms with van der Waals surface area (Å²) >= 11 is 0. The molecule has 6 aliphatic rings. The molecule has 48 nitrogen and oxygen atoms in total. The van der Waals surface area contributed by atoms with Gasteiger partial charge in [-0.25, -0.2) is 30.0 Å². The molecule has 0 fully saturated rings. The first kappa shape index (κ1) is 116. The minimum atomic E-state index is -0.272. The average Bonchev–Trinajstić information content (AvgIpc) is 1.76. The number of hydrogen-bond acceptors (Lipinski definition) is 13. The van der Waals surface area contributed by atoms with E-state index in [9.17, 15) is 0 Å². The highest BCUT2D eigenvalue weighted by Crippen LogP contribution is 2.23. The maximum Gasteiger partial charge on any atom is 0.221 e. The summed E-state index contributed by atoms with van der Waals surface area (Å²) in [5, 5.41) is 60.7. The number of rotatable bonds is 18. The van der Waals surface area contributed by atoms with Crippen LogP contribution in [0.4, 0.5) is 0 Å². The number of aromatic nitrogens is 3. The van der Waals surface area contributed by atoms with Crippen LogP contribution in [0.25, 0.3) is 0 Å². The lowest BCUT2D eigenvalue weighted by molar-refractivity contribution is 0.490. The van der Waals surface area contributed by atoms with E-state index in [1.807, 2.05) is 78.1 Å². The summed E-state index contributed by atoms with van der Waals surface area (Å²) in [6.07, 6.45) is 42.7. The molecule has 0 saturated carbocycles. The zero-order chi connectivity index (χ0) is 102. The fraction of sp³-hybridized carbons (Fsp3) is 0.379. The van der Waals surface area contributed by atoms with Crippen molar-refractivity contribution in [3.8, 4) is 0 Å². The average molecular weight is 1870 g/mol. The molecule has 48 N–H and O–H groups in total. The first-order chi connectivity index (χ1) is 63.2. The third-order valence-corrected chi connectivity index (χ3v) is 18.9. The number of nitrogens with one attached hydrogen (secondary N) is 14. The fourth-order valence-corrected chi connectivity index (χ4v) is 11.0. The molecule has 0 bridgehead atoms. The van der Waals surface area contributed by atoms with Gasteiger partial charge in [-0.1, -0.05) is 106 Å². The van der Waals surface area contributed by atoms with Crippen LogP contribution in [0.5, 0.6) is 0 Å². The van der Waals surface area contributed by atoms with Crippen LogP contribution in [-0.2, 0) is 19.6 Å². The van der Waals surface area contributed by atoms with E-state index in [0.29, 0.717) is 64.9 Å². The van der Waals surface area contributed by atoms with E-state index in [4.69, 9.17) is 135 Å². The summed E-state index contributed by atoms with van der Waals surface area (Å²) in [4.78, 5) is 62.2. The van der Waals surface area contributed by atoms with Crippen molar-refractivity contribution in [2.24, 2.45) is 152 Å². The van der Waals surface area contributed by atoms with Crippen LogP contribution in [0.2, 0.25) is 0 Å². The van der Waals surface area contributed by atoms with Crippen molar-refractivity contribution in [1.29, 1.82) is 37.9 Å². The van der Waals surface area contributed by atoms with E-state index in [1.165, 1.54) is 61.3 Å². The number of nitrogens with two attached hydrogens (primary N) is 17. The van der Waals surface area contributed by atoms with Crippen molar-refractivity contribution in [3.63, 3.8) is 0 Å². The summed E-state index contributed by atoms with van der Waals surface area (Å²) in [6, 6.07) is 0. The molecule has 135 heavy (non-hydrogen) atoms. The largest absolute Gasteiger partial charge is 0.370 e. The Morgan fingerprint density at radius 3 is 0.963 bits per heavy atom. The molecule has 738 valence electrons. The monoisotopic (exact) mass is 1870 g/mol. The predicted octanol–water partition coefficient (Wildman–Crippen LogP) is 1.64. The second-order valence-electron chi connectivity index (χ2n) is 31.7. The van der Waals surface area contributed by atoms with Gasteiger partial charge in [0.1, 0.15) is 0 Å². The van der Waals surface area contributed by atoms with Gasteiger partial charge >= 0.3 is 0 Å². The Morgan fingerprint density at radius 1 is 0.326 bits per heavy atom. The number of aryl methyl sites for hydroxylation is 3. The van der Waals surface area contributed by atoms with Gasteiger partial charge in [0.25, 0.3) is 0 Å². The molecule has 0 aliphatic heterocycles. The first-order valence-electron chi connectivity index (χ1n) is 42.1. The summed E-state index contributed by atoms with van der Waals surface area (Å²) in [6.45, 7) is 23.7. The van der Waals surface area contributed by atoms with Crippen LogP contribution in [0, 0.1) is 58.6 Å². The molecule has 0 atom stereocenters. The second kappa shape index (κ2) is 61.8. The Morgan fingerprint density at radius 2 is 0.659 bits per heavy atom. The number of likely N-dealkylation sites (N-methyl/N-ethyl adjacent to an activating group) is 2. The van der Waals surface area contributed by atoms with Crippen molar-refractivity contribution in [2.75, 3.05) is 103 Å². The van der Waals surface area contributed by atoms with Crippen molar-refractivity contribution in [3.05, 3.63) is 210 Å². The Labute approximate surface area is 792 Å². The van der Waals surface area contributed by atoms with Gasteiger partial charge in [0.15, 0.2) is 77.5 Å². The molecule has 6 aliphatic carbocycles. The highest BCUT2D eigenvalue weighted by molar-refractivity contribution is 5.99. The van der Waals surface area contributed by atoms with Gasteiger partial charge in [-0.3, -0.25) is 59.1 Å². The normalized spacial score (nSPS) is 14.4. The van der Waals surface area contributed by atoms with Crippen molar-refractivity contribution in [2.45, 2.75) is 120 Å². The highest BCUT2D eigenvalue weighted by atomic mass is 15.3. The molecule has 0 aromatic carbocycles. The van der Waals surface area contributed by atoms with Crippen LogP contribution >= 0.6 is 0 Å². The molecule has 48 heteroatoms. The molecule has 0 saturated heterocycles. The topological polar surface area (TPSA) is 860 Å². The van der Waals surface area contributed by atoms with Crippen LogP contribution < -0.4 is 119 Å². The van der Waals surface area contributed by atoms with E-state index in [1.54, 1.807) is 78.7 Å². The molecule has 3 heterocycles. The molecule has 9 rings (SSSR count). The lowest BCUT2D eigenvalue weighted by Crippen LogP contribution is -2.43. The Kier molecular flexibility index (Phi) is 53.3. The quantitative estimate of drug-likeness (QED) is 0.0636. The van der Waals surface area contributed by atoms with Crippen LogP contribution in [-0.4, -0.2) is 254 Å². The second-order valence-corrected chi connectivity index (χ2v) is 31.7. The van der Waals surface area contributed by atoms with E-state index < -0.39 is 0 Å². The first-order valence-corrected chi connectivity index (χ1v) is 42.1. The SMILES string of the molecule is CC1=C(CN(C)C(N)=NC(=N)N)C=CC1.CC1=C(CN=C(N)NC(=N)N(C)C)C=CC1.CC1=C(CN=C(N)NC(=N)N)C=CC1.CC1=CC(CN(C)C(N)=NC(=N)N)=CC1.CC1=CC(CN=C(N)NC(=N)N(C)C)=CC1.CC1=CC(CN=C(N)NC(=N)N)=CC1.Cc1c[nH]cc1CN(C)C(=N)N=C(N)N.Cc1c[nH]cc1CN=C(N)N=C(N)N.Cc1c[nH]cc1CN=C(N)N=C(N)N(C)C. The maximum absolute atomic E-state index is 7.57. The number of guanidine groups is 18. The number of hydrogen-bond donors (Lipinski definition) is 31. The van der Waals surface area contributed by atoms with Crippen molar-refractivity contribution < 1.29 is 0 Å². The van der Waals surface area contributed by atoms with E-state index in [0.717, 1.165) is 77.5 Å². The predicted molar refractivity (Wildman–Crippen MR) is 560 cm³/mol. The van der Waals surface area contributed by atoms with Crippen molar-refractivity contribution >= 4 is 107 Å². The van der Waals surface area contributed by atoms with Crippen LogP contribution in [0.15, 0.2) is 232 Å². The van der Waals surface area contributed by atoms with E-state index >= 15 is 0 Å². The van der Waals surface area contributed by atoms with Gasteiger partial charge in [0, 0.05) is 120 Å². The molecule has 0 spiro atoms. The standard InChI is InChI=1S/2C11H19N5.C10H18N6.2C10H17N5.C9H16N6.2C9H15N5.C8H14N6/c1-8-4-5-9(6-8)7-14-10(12)15-11(13)16(2)3;1-8-5-4-6-9(8)7-14-10(12)15-11(13)16(2)3;1-7-4-13-5-8(7)6-14-9(11)15-10(12)16(2)3;1-7-3-4-8(5-7)6-15(2)10(13)14-9(11)12;1-7-4-3-5-8(7)6-15(2)10(13)14-9(11)12;1-6-3-13-4-7(6)5-15(2)9(12)14-8(10)11;1-6-2-3-7(4-6)5-13-9(12)14-8(10)11;1-6-3-2-4-7(6)5-13-9(12)14-8(10)11;1-5-2-12-3-6(5)4-13-8(11)14-7(9)10/h5-6H,4,7H2,1-3H3,(H4,12,13,14,15);4,6H,5,7H2,1-3H3,(H4,12,13,14,15);4-5,13H,6H2,1-3H3,(H4,11,12,14,15);4-5H,3,6H2,1-2H3,(H5,11,12,13,14);3,5H,4,6H2,1-2H3,(H5,11,12,13,14);3-4,13H,5H2,1-2H3,(H5,10,11,12,14);3-4H,2,5H2,1H3,(H6,10,11,12,13,14);2,4H,3,5H2,1H3,(H6,10,11,12,13,14);2-3,12H,4H2,1H3,(H6,9,10,11,13,14). The third-order valence-electron chi connectivity index (χ3n) is 18.9. The number of aliphatic imine (C=N–C) groups is 11. The van der Waals surface area contributed by atoms with Crippen LogP contribution in [0.3, 0.4) is 0 Å². The molecule has 3 aromatic heterocycles. The van der Waals surface area contributed by atoms with Gasteiger partial charge in [0.05, 0.1) is 39.3 Å². The van der Waals surface area contributed by atoms with Crippen molar-refractivity contribution in [1.82, 2.24) is 65.6 Å². The van der Waals surface area contributed by atoms with Gasteiger partial charge in [-0.2, -0.15) is 25.0 Å². The van der Waals surface area contributed by atoms with Gasteiger partial charge < -0.3 is 142 Å². The third kappa shape index (κ3) is 52.6. The smallest absolute Gasteiger partial charge is 0.221 e. The Hall–Kier alpha value is -16.6. The summed E-state index contributed by atoms with van der Waals surface area (Å²) in [7, 11) is 16.1. The lowest BCUT2D eigenvalue weighted by Gasteiger charge is -2.18. The zero-order valence-corrected chi connectivity index (χ0v) is 81.4. The molecule has 3 aromatic rings. The lowest BCUT2D eigenvalue weighted by atomic mass is 10.2. The molecule has 0 amide bonds. The fourth-order valence-electron chi connectivity index (χ4n) is 11.0. The number of allylic oxidation sites excluding steroid dienone is 12. The molecular formula is C87H150N48. The van der Waals surface area contributed by atoms with Gasteiger partial charge in [0.2, 0.25) is 29.8 Å². The van der Waals surface area contributed by atoms with Crippen LogP contribution in [0.1, 0.15) is 113 Å². The minimum Gasteiger partial charge on any atom is -0.370 e. The molecule has 0 radical (unpaired) electrons. The summed E-state index contributed by atoms with van der Waals surface area (Å²) in [5.74, 6) is 1.45. The molecular weight excluding hydrogens is 1720 g/mol. The summed E-state index contributed by atoms with van der Waals surface area (Å²) in [5.41, 5.74) is 113. The minimum absolute atomic E-state index is 0.0515. The maximum atomic E-state index is 7.57. The van der Waals surface area contributed by atoms with E-state index in [2.05, 4.69) is 200 Å². The van der Waals surface area contributed by atoms with Gasteiger partial charge in [-0.05, 0) is 168 Å². The van der Waals surface area contributed by atoms with E-state index in [-0.39, 0.29) is 101 Å². The summed E-state index contributed by atoms with van der Waals surface area (Å²) < 4.78 is 0. The number of aromatic amines is 3. The Balaban J connectivity index is 0.000000760.